The maximum Gasteiger partial charge on any atom is 0.124 e. The molecule has 0 atom stereocenters. The first kappa shape index (κ1) is 12.4. The predicted molar refractivity (Wildman–Crippen MR) is 57.4 cm³/mol. The number of hydrogen-bond donors (Lipinski definition) is 1. The van der Waals surface area contributed by atoms with Gasteiger partial charge in [-0.15, -0.1) is 0 Å². The Morgan fingerprint density at radius 1 is 1.46 bits per heavy atom. The molecule has 0 aliphatic carbocycles. The number of methoxy groups -OCH3 is 1. The SMILES string of the molecule is CC.COCc1[nH]n(C)c(=S)c1C. The molecule has 0 fully saturated rings. The lowest BCUT2D eigenvalue weighted by Crippen LogP contribution is -1.93. The summed E-state index contributed by atoms with van der Waals surface area (Å²) in [6.07, 6.45) is 0. The Morgan fingerprint density at radius 3 is 2.31 bits per heavy atom. The molecule has 0 bridgehead atoms. The summed E-state index contributed by atoms with van der Waals surface area (Å²) in [7, 11) is 3.57. The molecule has 0 aliphatic heterocycles. The van der Waals surface area contributed by atoms with Crippen molar-refractivity contribution >= 4 is 12.2 Å². The van der Waals surface area contributed by atoms with E-state index in [1.54, 1.807) is 7.11 Å². The molecule has 0 spiro atoms. The predicted octanol–water partition coefficient (Wildman–Crippen LogP) is 2.56. The van der Waals surface area contributed by atoms with E-state index in [2.05, 4.69) is 5.10 Å². The molecular weight excluding hydrogens is 184 g/mol. The third-order valence-electron chi connectivity index (χ3n) is 1.67. The van der Waals surface area contributed by atoms with Crippen molar-refractivity contribution in [3.8, 4) is 0 Å². The van der Waals surface area contributed by atoms with Gasteiger partial charge < -0.3 is 4.74 Å². The summed E-state index contributed by atoms with van der Waals surface area (Å²) in [6, 6.07) is 0. The van der Waals surface area contributed by atoms with Crippen molar-refractivity contribution in [1.82, 2.24) is 9.78 Å². The van der Waals surface area contributed by atoms with Crippen molar-refractivity contribution in [3.05, 3.63) is 15.9 Å². The zero-order valence-electron chi connectivity index (χ0n) is 8.97. The van der Waals surface area contributed by atoms with Crippen molar-refractivity contribution in [2.75, 3.05) is 7.11 Å². The Balaban J connectivity index is 0.000000671. The molecule has 0 aromatic carbocycles. The molecule has 76 valence electrons. The van der Waals surface area contributed by atoms with Crippen LogP contribution in [-0.4, -0.2) is 16.9 Å². The van der Waals surface area contributed by atoms with Crippen molar-refractivity contribution in [2.24, 2.45) is 7.05 Å². The first-order chi connectivity index (χ1) is 6.16. The van der Waals surface area contributed by atoms with E-state index >= 15 is 0 Å². The van der Waals surface area contributed by atoms with Crippen molar-refractivity contribution in [3.63, 3.8) is 0 Å². The average Bonchev–Trinajstić information content (AvgIpc) is 2.38. The molecule has 4 heteroatoms. The number of rotatable bonds is 2. The van der Waals surface area contributed by atoms with Gasteiger partial charge in [-0.05, 0) is 6.92 Å². The largest absolute Gasteiger partial charge is 0.378 e. The molecule has 0 saturated carbocycles. The van der Waals surface area contributed by atoms with Gasteiger partial charge >= 0.3 is 0 Å². The standard InChI is InChI=1S/C7H12N2OS.C2H6/c1-5-6(4-10-3)8-9(2)7(5)11;1-2/h8H,4H2,1-3H3;1-2H3. The molecule has 3 nitrogen and oxygen atoms in total. The second-order valence-electron chi connectivity index (χ2n) is 2.51. The van der Waals surface area contributed by atoms with Gasteiger partial charge in [0.15, 0.2) is 0 Å². The van der Waals surface area contributed by atoms with E-state index in [0.717, 1.165) is 15.9 Å². The first-order valence-electron chi connectivity index (χ1n) is 4.40. The van der Waals surface area contributed by atoms with Crippen molar-refractivity contribution < 1.29 is 4.74 Å². The van der Waals surface area contributed by atoms with E-state index in [-0.39, 0.29) is 0 Å². The van der Waals surface area contributed by atoms with Gasteiger partial charge in [-0.1, -0.05) is 26.1 Å². The molecule has 0 radical (unpaired) electrons. The Kier molecular flexibility index (Phi) is 5.66. The molecule has 1 aromatic heterocycles. The summed E-state index contributed by atoms with van der Waals surface area (Å²) in [6.45, 7) is 6.59. The second-order valence-corrected chi connectivity index (χ2v) is 2.90. The molecule has 1 heterocycles. The summed E-state index contributed by atoms with van der Waals surface area (Å²) in [5, 5.41) is 3.10. The molecule has 13 heavy (non-hydrogen) atoms. The highest BCUT2D eigenvalue weighted by molar-refractivity contribution is 7.71. The number of aromatic amines is 1. The Hall–Kier alpha value is -0.610. The van der Waals surface area contributed by atoms with E-state index in [9.17, 15) is 0 Å². The number of H-pyrrole nitrogens is 1. The molecule has 0 saturated heterocycles. The molecule has 0 aliphatic rings. The van der Waals surface area contributed by atoms with Gasteiger partial charge in [0.2, 0.25) is 0 Å². The lowest BCUT2D eigenvalue weighted by molar-refractivity contribution is 0.180. The first-order valence-corrected chi connectivity index (χ1v) is 4.81. The zero-order chi connectivity index (χ0) is 10.4. The van der Waals surface area contributed by atoms with Crippen LogP contribution in [0.25, 0.3) is 0 Å². The van der Waals surface area contributed by atoms with E-state index in [1.165, 1.54) is 0 Å². The number of aryl methyl sites for hydroxylation is 1. The van der Waals surface area contributed by atoms with Crippen LogP contribution in [0.1, 0.15) is 25.1 Å². The molecule has 1 N–H and O–H groups in total. The van der Waals surface area contributed by atoms with Crippen LogP contribution in [0.5, 0.6) is 0 Å². The fourth-order valence-electron chi connectivity index (χ4n) is 1.00. The normalized spacial score (nSPS) is 9.31. The van der Waals surface area contributed by atoms with Gasteiger partial charge in [0.25, 0.3) is 0 Å². The second kappa shape index (κ2) is 5.94. The van der Waals surface area contributed by atoms with Crippen LogP contribution in [0.2, 0.25) is 0 Å². The van der Waals surface area contributed by atoms with Crippen LogP contribution in [0, 0.1) is 11.6 Å². The topological polar surface area (TPSA) is 29.9 Å². The number of ether oxygens (including phenoxy) is 1. The molecule has 1 rings (SSSR count). The number of hydrogen-bond acceptors (Lipinski definition) is 2. The Labute approximate surface area is 84.7 Å². The Bertz CT molecular complexity index is 301. The molecule has 0 unspecified atom stereocenters. The minimum Gasteiger partial charge on any atom is -0.378 e. The maximum atomic E-state index is 5.11. The minimum atomic E-state index is 0.594. The van der Waals surface area contributed by atoms with Gasteiger partial charge in [-0.25, -0.2) is 0 Å². The maximum absolute atomic E-state index is 5.11. The van der Waals surface area contributed by atoms with Crippen molar-refractivity contribution in [1.29, 1.82) is 0 Å². The lowest BCUT2D eigenvalue weighted by atomic mass is 10.3. The van der Waals surface area contributed by atoms with Crippen LogP contribution in [0.15, 0.2) is 0 Å². The van der Waals surface area contributed by atoms with Crippen LogP contribution in [0.3, 0.4) is 0 Å². The summed E-state index contributed by atoms with van der Waals surface area (Å²) < 4.78 is 7.65. The summed E-state index contributed by atoms with van der Waals surface area (Å²) in [5.74, 6) is 0. The van der Waals surface area contributed by atoms with Crippen LogP contribution >= 0.6 is 12.2 Å². The monoisotopic (exact) mass is 202 g/mol. The number of nitrogens with one attached hydrogen (secondary N) is 1. The van der Waals surface area contributed by atoms with Crippen LogP contribution in [0.4, 0.5) is 0 Å². The summed E-state index contributed by atoms with van der Waals surface area (Å²) in [5.41, 5.74) is 2.16. The van der Waals surface area contributed by atoms with Gasteiger partial charge in [0.05, 0.1) is 12.3 Å². The zero-order valence-corrected chi connectivity index (χ0v) is 9.79. The third kappa shape index (κ3) is 2.97. The van der Waals surface area contributed by atoms with E-state index in [1.807, 2.05) is 32.5 Å². The van der Waals surface area contributed by atoms with Gasteiger partial charge in [-0.3, -0.25) is 9.78 Å². The third-order valence-corrected chi connectivity index (χ3v) is 2.25. The fraction of sp³-hybridized carbons (Fsp3) is 0.667. The van der Waals surface area contributed by atoms with Gasteiger partial charge in [-0.2, -0.15) is 0 Å². The summed E-state index contributed by atoms with van der Waals surface area (Å²) in [4.78, 5) is 0. The number of nitrogens with zero attached hydrogens (tertiary/aromatic N) is 1. The Morgan fingerprint density at radius 2 is 2.00 bits per heavy atom. The minimum absolute atomic E-state index is 0.594. The molecular formula is C9H18N2OS. The van der Waals surface area contributed by atoms with Crippen molar-refractivity contribution in [2.45, 2.75) is 27.4 Å². The quantitative estimate of drug-likeness (QED) is 0.747. The fourth-order valence-corrected chi connectivity index (χ4v) is 1.17. The highest BCUT2D eigenvalue weighted by Crippen LogP contribution is 2.07. The van der Waals surface area contributed by atoms with E-state index < -0.39 is 0 Å². The van der Waals surface area contributed by atoms with Crippen LogP contribution < -0.4 is 0 Å². The van der Waals surface area contributed by atoms with Gasteiger partial charge in [0.1, 0.15) is 4.64 Å². The van der Waals surface area contributed by atoms with Gasteiger partial charge in [0, 0.05) is 19.7 Å². The lowest BCUT2D eigenvalue weighted by Gasteiger charge is -1.94. The van der Waals surface area contributed by atoms with E-state index in [4.69, 9.17) is 17.0 Å². The molecule has 0 amide bonds. The average molecular weight is 202 g/mol. The molecule has 1 aromatic rings. The van der Waals surface area contributed by atoms with Crippen LogP contribution in [-0.2, 0) is 18.4 Å². The summed E-state index contributed by atoms with van der Waals surface area (Å²) >= 11 is 5.11. The number of aromatic nitrogens is 2. The highest BCUT2D eigenvalue weighted by atomic mass is 32.1. The smallest absolute Gasteiger partial charge is 0.124 e. The van der Waals surface area contributed by atoms with E-state index in [0.29, 0.717) is 6.61 Å². The highest BCUT2D eigenvalue weighted by Gasteiger charge is 2.02.